The van der Waals surface area contributed by atoms with Gasteiger partial charge in [-0.1, -0.05) is 30.3 Å². The summed E-state index contributed by atoms with van der Waals surface area (Å²) in [5.74, 6) is 0. The van der Waals surface area contributed by atoms with Crippen molar-refractivity contribution in [1.82, 2.24) is 10.2 Å². The first kappa shape index (κ1) is 12.5. The fourth-order valence-corrected chi connectivity index (χ4v) is 3.01. The molecule has 0 unspecified atom stereocenters. The Kier molecular flexibility index (Phi) is 3.69. The molecule has 2 amide bonds. The number of fused-ring (bicyclic) bond motifs is 2. The molecule has 2 aliphatic rings. The van der Waals surface area contributed by atoms with Gasteiger partial charge in [-0.25, -0.2) is 4.79 Å². The highest BCUT2D eigenvalue weighted by Gasteiger charge is 2.40. The predicted molar refractivity (Wildman–Crippen MR) is 73.0 cm³/mol. The number of ether oxygens (including phenoxy) is 1. The molecule has 2 saturated heterocycles. The van der Waals surface area contributed by atoms with Crippen LogP contribution in [-0.4, -0.2) is 42.8 Å². The molecule has 3 rings (SSSR count). The molecule has 4 heteroatoms. The first-order valence-electron chi connectivity index (χ1n) is 7.02. The molecule has 2 atom stereocenters. The Morgan fingerprint density at radius 1 is 1.21 bits per heavy atom. The average molecular weight is 260 g/mol. The summed E-state index contributed by atoms with van der Waals surface area (Å²) in [6.45, 7) is 2.09. The standard InChI is InChI=1S/C15H20N2O2/c18-15(16-9-8-12-4-2-1-3-5-12)17-13-6-7-14(17)11-19-10-13/h1-5,13-14H,6-11H2,(H,16,18)/t13-,14-/m1/s1. The van der Waals surface area contributed by atoms with Gasteiger partial charge < -0.3 is 15.0 Å². The van der Waals surface area contributed by atoms with Crippen LogP contribution in [0.5, 0.6) is 0 Å². The topological polar surface area (TPSA) is 41.6 Å². The van der Waals surface area contributed by atoms with Crippen molar-refractivity contribution in [3.63, 3.8) is 0 Å². The lowest BCUT2D eigenvalue weighted by molar-refractivity contribution is 0.00645. The second-order valence-electron chi connectivity index (χ2n) is 5.30. The summed E-state index contributed by atoms with van der Waals surface area (Å²) in [4.78, 5) is 14.2. The number of carbonyl (C=O) groups excluding carboxylic acids is 1. The van der Waals surface area contributed by atoms with Crippen LogP contribution in [0.15, 0.2) is 30.3 Å². The zero-order chi connectivity index (χ0) is 13.1. The molecular weight excluding hydrogens is 240 g/mol. The van der Waals surface area contributed by atoms with Gasteiger partial charge >= 0.3 is 6.03 Å². The molecule has 1 aromatic carbocycles. The molecule has 2 aliphatic heterocycles. The second-order valence-corrected chi connectivity index (χ2v) is 5.30. The van der Waals surface area contributed by atoms with Crippen molar-refractivity contribution in [2.45, 2.75) is 31.3 Å². The minimum atomic E-state index is 0.0757. The highest BCUT2D eigenvalue weighted by atomic mass is 16.5. The maximum absolute atomic E-state index is 12.2. The van der Waals surface area contributed by atoms with Crippen LogP contribution < -0.4 is 5.32 Å². The summed E-state index contributed by atoms with van der Waals surface area (Å²) in [6, 6.07) is 10.9. The van der Waals surface area contributed by atoms with Crippen LogP contribution in [0.3, 0.4) is 0 Å². The van der Waals surface area contributed by atoms with Gasteiger partial charge in [0.25, 0.3) is 0 Å². The third-order valence-electron chi connectivity index (χ3n) is 4.01. The fraction of sp³-hybridized carbons (Fsp3) is 0.533. The predicted octanol–water partition coefficient (Wildman–Crippen LogP) is 1.80. The number of benzene rings is 1. The molecule has 0 radical (unpaired) electrons. The number of urea groups is 1. The molecule has 4 nitrogen and oxygen atoms in total. The lowest BCUT2D eigenvalue weighted by Gasteiger charge is -2.34. The third-order valence-corrected chi connectivity index (χ3v) is 4.01. The first-order valence-corrected chi connectivity index (χ1v) is 7.02. The monoisotopic (exact) mass is 260 g/mol. The number of nitrogens with zero attached hydrogens (tertiary/aromatic N) is 1. The average Bonchev–Trinajstić information content (AvgIpc) is 2.70. The summed E-state index contributed by atoms with van der Waals surface area (Å²) in [5, 5.41) is 3.03. The van der Waals surface area contributed by atoms with E-state index in [-0.39, 0.29) is 18.1 Å². The van der Waals surface area contributed by atoms with E-state index in [1.54, 1.807) is 0 Å². The van der Waals surface area contributed by atoms with E-state index < -0.39 is 0 Å². The Labute approximate surface area is 113 Å². The zero-order valence-electron chi connectivity index (χ0n) is 11.0. The van der Waals surface area contributed by atoms with Crippen molar-refractivity contribution >= 4 is 6.03 Å². The first-order chi connectivity index (χ1) is 9.34. The van der Waals surface area contributed by atoms with E-state index in [1.807, 2.05) is 23.1 Å². The maximum atomic E-state index is 12.2. The second kappa shape index (κ2) is 5.61. The molecule has 1 N–H and O–H groups in total. The molecular formula is C15H20N2O2. The van der Waals surface area contributed by atoms with Crippen LogP contribution in [0, 0.1) is 0 Å². The van der Waals surface area contributed by atoms with Crippen molar-refractivity contribution in [2.75, 3.05) is 19.8 Å². The van der Waals surface area contributed by atoms with E-state index in [9.17, 15) is 4.79 Å². The number of amides is 2. The van der Waals surface area contributed by atoms with Gasteiger partial charge in [0.2, 0.25) is 0 Å². The van der Waals surface area contributed by atoms with Crippen LogP contribution >= 0.6 is 0 Å². The van der Waals surface area contributed by atoms with Gasteiger partial charge in [0, 0.05) is 6.54 Å². The summed E-state index contributed by atoms with van der Waals surface area (Å²) in [6.07, 6.45) is 3.04. The Balaban J connectivity index is 1.49. The molecule has 2 bridgehead atoms. The molecule has 1 aromatic rings. The molecule has 2 fully saturated rings. The minimum Gasteiger partial charge on any atom is -0.377 e. The van der Waals surface area contributed by atoms with Gasteiger partial charge in [0.15, 0.2) is 0 Å². The molecule has 19 heavy (non-hydrogen) atoms. The van der Waals surface area contributed by atoms with Gasteiger partial charge in [-0.2, -0.15) is 0 Å². The highest BCUT2D eigenvalue weighted by Crippen LogP contribution is 2.28. The van der Waals surface area contributed by atoms with Crippen LogP contribution in [0.1, 0.15) is 18.4 Å². The van der Waals surface area contributed by atoms with E-state index in [4.69, 9.17) is 4.74 Å². The van der Waals surface area contributed by atoms with Gasteiger partial charge in [-0.15, -0.1) is 0 Å². The number of rotatable bonds is 3. The minimum absolute atomic E-state index is 0.0757. The van der Waals surface area contributed by atoms with Crippen molar-refractivity contribution < 1.29 is 9.53 Å². The van der Waals surface area contributed by atoms with Crippen molar-refractivity contribution in [3.8, 4) is 0 Å². The highest BCUT2D eigenvalue weighted by molar-refractivity contribution is 5.75. The third kappa shape index (κ3) is 2.73. The lowest BCUT2D eigenvalue weighted by Crippen LogP contribution is -2.53. The molecule has 0 spiro atoms. The zero-order valence-corrected chi connectivity index (χ0v) is 11.0. The van der Waals surface area contributed by atoms with E-state index in [0.29, 0.717) is 19.8 Å². The molecule has 102 valence electrons. The van der Waals surface area contributed by atoms with Crippen LogP contribution in [0.4, 0.5) is 4.79 Å². The van der Waals surface area contributed by atoms with Crippen molar-refractivity contribution in [1.29, 1.82) is 0 Å². The largest absolute Gasteiger partial charge is 0.377 e. The Hall–Kier alpha value is -1.55. The summed E-state index contributed by atoms with van der Waals surface area (Å²) < 4.78 is 5.49. The number of hydrogen-bond acceptors (Lipinski definition) is 2. The van der Waals surface area contributed by atoms with E-state index in [0.717, 1.165) is 19.3 Å². The molecule has 0 saturated carbocycles. The van der Waals surface area contributed by atoms with E-state index in [1.165, 1.54) is 5.56 Å². The number of nitrogens with one attached hydrogen (secondary N) is 1. The van der Waals surface area contributed by atoms with Gasteiger partial charge in [-0.05, 0) is 24.8 Å². The number of carbonyl (C=O) groups is 1. The van der Waals surface area contributed by atoms with Gasteiger partial charge in [-0.3, -0.25) is 0 Å². The van der Waals surface area contributed by atoms with E-state index >= 15 is 0 Å². The van der Waals surface area contributed by atoms with Crippen LogP contribution in [-0.2, 0) is 11.2 Å². The van der Waals surface area contributed by atoms with Gasteiger partial charge in [0.05, 0.1) is 25.3 Å². The van der Waals surface area contributed by atoms with Crippen LogP contribution in [0.2, 0.25) is 0 Å². The Bertz CT molecular complexity index is 419. The fourth-order valence-electron chi connectivity index (χ4n) is 3.01. The molecule has 0 aromatic heterocycles. The number of hydrogen-bond donors (Lipinski definition) is 1. The van der Waals surface area contributed by atoms with Crippen molar-refractivity contribution in [2.24, 2.45) is 0 Å². The summed E-state index contributed by atoms with van der Waals surface area (Å²) in [5.41, 5.74) is 1.26. The van der Waals surface area contributed by atoms with E-state index in [2.05, 4.69) is 17.4 Å². The van der Waals surface area contributed by atoms with Crippen molar-refractivity contribution in [3.05, 3.63) is 35.9 Å². The lowest BCUT2D eigenvalue weighted by atomic mass is 10.1. The quantitative estimate of drug-likeness (QED) is 0.900. The normalized spacial score (nSPS) is 25.4. The summed E-state index contributed by atoms with van der Waals surface area (Å²) >= 11 is 0. The molecule has 0 aliphatic carbocycles. The SMILES string of the molecule is O=C(NCCc1ccccc1)N1[C@@H]2CC[C@@H]1COC2. The number of morpholine rings is 1. The Morgan fingerprint density at radius 3 is 2.58 bits per heavy atom. The van der Waals surface area contributed by atoms with Gasteiger partial charge in [0.1, 0.15) is 0 Å². The maximum Gasteiger partial charge on any atom is 0.318 e. The van der Waals surface area contributed by atoms with Crippen LogP contribution in [0.25, 0.3) is 0 Å². The molecule has 2 heterocycles. The Morgan fingerprint density at radius 2 is 1.89 bits per heavy atom. The smallest absolute Gasteiger partial charge is 0.318 e. The summed E-state index contributed by atoms with van der Waals surface area (Å²) in [7, 11) is 0.